The SMILES string of the molecule is Cc1cc(C(C)(C)C)cc(C)c1S(=O)(=O)N1CCN(c2ccccc2S(C)(=O)=O)CC1. The Kier molecular flexibility index (Phi) is 6.30. The Morgan fingerprint density at radius 1 is 0.839 bits per heavy atom. The van der Waals surface area contributed by atoms with Gasteiger partial charge in [0, 0.05) is 32.4 Å². The van der Waals surface area contributed by atoms with E-state index in [0.29, 0.717) is 36.8 Å². The molecule has 1 aliphatic rings. The van der Waals surface area contributed by atoms with Gasteiger partial charge in [-0.2, -0.15) is 4.31 Å². The molecular formula is C23H32N2O4S2. The van der Waals surface area contributed by atoms with Crippen molar-refractivity contribution in [3.8, 4) is 0 Å². The van der Waals surface area contributed by atoms with Crippen LogP contribution in [0.4, 0.5) is 5.69 Å². The van der Waals surface area contributed by atoms with Crippen molar-refractivity contribution < 1.29 is 16.8 Å². The highest BCUT2D eigenvalue weighted by Crippen LogP contribution is 2.32. The van der Waals surface area contributed by atoms with Gasteiger partial charge in [0.25, 0.3) is 0 Å². The van der Waals surface area contributed by atoms with Crippen LogP contribution in [0.5, 0.6) is 0 Å². The third kappa shape index (κ3) is 4.81. The number of piperazine rings is 1. The van der Waals surface area contributed by atoms with E-state index in [1.54, 1.807) is 24.3 Å². The molecule has 0 bridgehead atoms. The fourth-order valence-corrected chi connectivity index (χ4v) is 6.86. The van der Waals surface area contributed by atoms with Gasteiger partial charge in [0.05, 0.1) is 15.5 Å². The molecule has 0 unspecified atom stereocenters. The van der Waals surface area contributed by atoms with Crippen molar-refractivity contribution in [3.63, 3.8) is 0 Å². The van der Waals surface area contributed by atoms with Crippen molar-refractivity contribution in [2.24, 2.45) is 0 Å². The highest BCUT2D eigenvalue weighted by molar-refractivity contribution is 7.91. The summed E-state index contributed by atoms with van der Waals surface area (Å²) in [7, 11) is -7.01. The number of hydrogen-bond acceptors (Lipinski definition) is 5. The Bertz CT molecular complexity index is 1170. The largest absolute Gasteiger partial charge is 0.368 e. The third-order valence-electron chi connectivity index (χ3n) is 5.77. The zero-order valence-corrected chi connectivity index (χ0v) is 20.8. The van der Waals surface area contributed by atoms with Gasteiger partial charge in [-0.1, -0.05) is 45.0 Å². The van der Waals surface area contributed by atoms with E-state index in [4.69, 9.17) is 0 Å². The number of para-hydroxylation sites is 1. The number of nitrogens with zero attached hydrogens (tertiary/aromatic N) is 2. The molecule has 0 saturated carbocycles. The minimum atomic E-state index is -3.64. The predicted molar refractivity (Wildman–Crippen MR) is 125 cm³/mol. The highest BCUT2D eigenvalue weighted by atomic mass is 32.2. The van der Waals surface area contributed by atoms with E-state index < -0.39 is 19.9 Å². The highest BCUT2D eigenvalue weighted by Gasteiger charge is 2.32. The molecule has 0 amide bonds. The Labute approximate surface area is 186 Å². The lowest BCUT2D eigenvalue weighted by atomic mass is 9.85. The zero-order chi connectivity index (χ0) is 23.2. The fraction of sp³-hybridized carbons (Fsp3) is 0.478. The molecule has 0 atom stereocenters. The lowest BCUT2D eigenvalue weighted by Crippen LogP contribution is -2.49. The summed E-state index contributed by atoms with van der Waals surface area (Å²) in [6.45, 7) is 11.5. The summed E-state index contributed by atoms with van der Waals surface area (Å²) < 4.78 is 52.7. The van der Waals surface area contributed by atoms with Crippen LogP contribution >= 0.6 is 0 Å². The number of sulfonamides is 1. The molecule has 0 aliphatic carbocycles. The van der Waals surface area contributed by atoms with Gasteiger partial charge >= 0.3 is 0 Å². The van der Waals surface area contributed by atoms with E-state index in [0.717, 1.165) is 16.7 Å². The van der Waals surface area contributed by atoms with E-state index in [1.807, 2.05) is 30.9 Å². The molecule has 1 fully saturated rings. The molecule has 2 aromatic rings. The Balaban J connectivity index is 1.87. The number of rotatable bonds is 4. The molecule has 8 heteroatoms. The molecule has 0 spiro atoms. The second-order valence-electron chi connectivity index (χ2n) is 9.32. The third-order valence-corrected chi connectivity index (χ3v) is 9.12. The van der Waals surface area contributed by atoms with Crippen LogP contribution in [-0.4, -0.2) is 53.6 Å². The van der Waals surface area contributed by atoms with E-state index in [-0.39, 0.29) is 10.3 Å². The fourth-order valence-electron chi connectivity index (χ4n) is 4.12. The topological polar surface area (TPSA) is 74.8 Å². The maximum absolute atomic E-state index is 13.5. The molecule has 0 radical (unpaired) electrons. The number of benzene rings is 2. The molecule has 1 heterocycles. The van der Waals surface area contributed by atoms with Gasteiger partial charge in [-0.05, 0) is 48.1 Å². The summed E-state index contributed by atoms with van der Waals surface area (Å²) in [6.07, 6.45) is 1.19. The molecule has 6 nitrogen and oxygen atoms in total. The van der Waals surface area contributed by atoms with Crippen molar-refractivity contribution in [2.75, 3.05) is 37.3 Å². The maximum atomic E-state index is 13.5. The number of aryl methyl sites for hydroxylation is 2. The first-order chi connectivity index (χ1) is 14.2. The molecule has 1 aliphatic heterocycles. The van der Waals surface area contributed by atoms with Crippen LogP contribution in [-0.2, 0) is 25.3 Å². The smallest absolute Gasteiger partial charge is 0.243 e. The first kappa shape index (κ1) is 23.8. The van der Waals surface area contributed by atoms with Gasteiger partial charge in [-0.3, -0.25) is 0 Å². The van der Waals surface area contributed by atoms with Gasteiger partial charge in [-0.15, -0.1) is 0 Å². The van der Waals surface area contributed by atoms with Crippen LogP contribution in [0.2, 0.25) is 0 Å². The monoisotopic (exact) mass is 464 g/mol. The lowest BCUT2D eigenvalue weighted by molar-refractivity contribution is 0.383. The summed E-state index contributed by atoms with van der Waals surface area (Å²) >= 11 is 0. The first-order valence-corrected chi connectivity index (χ1v) is 13.7. The molecule has 3 rings (SSSR count). The van der Waals surface area contributed by atoms with Crippen LogP contribution in [0.15, 0.2) is 46.2 Å². The Morgan fingerprint density at radius 2 is 1.35 bits per heavy atom. The predicted octanol–water partition coefficient (Wildman–Crippen LogP) is 3.52. The summed E-state index contributed by atoms with van der Waals surface area (Å²) in [5.74, 6) is 0. The van der Waals surface area contributed by atoms with Crippen molar-refractivity contribution in [1.82, 2.24) is 4.31 Å². The number of sulfone groups is 1. The summed E-state index contributed by atoms with van der Waals surface area (Å²) in [5.41, 5.74) is 3.20. The van der Waals surface area contributed by atoms with Crippen molar-refractivity contribution in [1.29, 1.82) is 0 Å². The van der Waals surface area contributed by atoms with Crippen LogP contribution in [0.25, 0.3) is 0 Å². The molecule has 0 aromatic heterocycles. The Hall–Kier alpha value is -1.90. The standard InChI is InChI=1S/C23H32N2O4S2/c1-17-15-19(23(3,4)5)16-18(2)22(17)31(28,29)25-13-11-24(12-14-25)20-9-7-8-10-21(20)30(6,26)27/h7-10,15-16H,11-14H2,1-6H3. The summed E-state index contributed by atoms with van der Waals surface area (Å²) in [4.78, 5) is 2.60. The molecule has 0 N–H and O–H groups in total. The van der Waals surface area contributed by atoms with Gasteiger partial charge in [-0.25, -0.2) is 16.8 Å². The van der Waals surface area contributed by atoms with Gasteiger partial charge < -0.3 is 4.90 Å². The van der Waals surface area contributed by atoms with Crippen molar-refractivity contribution in [2.45, 2.75) is 49.8 Å². The van der Waals surface area contributed by atoms with Gasteiger partial charge in [0.1, 0.15) is 0 Å². The number of anilines is 1. The maximum Gasteiger partial charge on any atom is 0.243 e. The lowest BCUT2D eigenvalue weighted by Gasteiger charge is -2.36. The average molecular weight is 465 g/mol. The van der Waals surface area contributed by atoms with Gasteiger partial charge in [0.15, 0.2) is 9.84 Å². The summed E-state index contributed by atoms with van der Waals surface area (Å²) in [6, 6.07) is 10.8. The molecular weight excluding hydrogens is 432 g/mol. The average Bonchev–Trinajstić information content (AvgIpc) is 2.66. The zero-order valence-electron chi connectivity index (χ0n) is 19.1. The van der Waals surface area contributed by atoms with Crippen LogP contribution < -0.4 is 4.90 Å². The minimum absolute atomic E-state index is 0.0591. The van der Waals surface area contributed by atoms with E-state index >= 15 is 0 Å². The van der Waals surface area contributed by atoms with Crippen molar-refractivity contribution >= 4 is 25.5 Å². The summed E-state index contributed by atoms with van der Waals surface area (Å²) in [5, 5.41) is 0. The number of hydrogen-bond donors (Lipinski definition) is 0. The molecule has 2 aromatic carbocycles. The quantitative estimate of drug-likeness (QED) is 0.692. The molecule has 170 valence electrons. The van der Waals surface area contributed by atoms with Crippen LogP contribution in [0.3, 0.4) is 0 Å². The van der Waals surface area contributed by atoms with E-state index in [9.17, 15) is 16.8 Å². The van der Waals surface area contributed by atoms with Crippen molar-refractivity contribution in [3.05, 3.63) is 53.1 Å². The van der Waals surface area contributed by atoms with E-state index in [1.165, 1.54) is 10.6 Å². The molecule has 31 heavy (non-hydrogen) atoms. The van der Waals surface area contributed by atoms with Crippen LogP contribution in [0, 0.1) is 13.8 Å². The second-order valence-corrected chi connectivity index (χ2v) is 13.2. The minimum Gasteiger partial charge on any atom is -0.368 e. The molecule has 1 saturated heterocycles. The first-order valence-electron chi connectivity index (χ1n) is 10.4. The van der Waals surface area contributed by atoms with Gasteiger partial charge in [0.2, 0.25) is 10.0 Å². The normalized spacial score (nSPS) is 16.5. The van der Waals surface area contributed by atoms with Crippen LogP contribution in [0.1, 0.15) is 37.5 Å². The second kappa shape index (κ2) is 8.22. The van der Waals surface area contributed by atoms with E-state index in [2.05, 4.69) is 20.8 Å². The Morgan fingerprint density at radius 3 is 1.84 bits per heavy atom.